The number of aromatic amines is 1. The normalized spacial score (nSPS) is 11.4. The van der Waals surface area contributed by atoms with Gasteiger partial charge in [0.25, 0.3) is 5.78 Å². The van der Waals surface area contributed by atoms with E-state index in [1.165, 1.54) is 6.33 Å². The minimum atomic E-state index is -0.611. The van der Waals surface area contributed by atoms with Gasteiger partial charge in [-0.05, 0) is 25.1 Å². The molecule has 0 saturated heterocycles. The number of hydrogen-bond donors (Lipinski definition) is 2. The Hall–Kier alpha value is -3.03. The number of benzene rings is 1. The summed E-state index contributed by atoms with van der Waals surface area (Å²) in [7, 11) is 0. The van der Waals surface area contributed by atoms with Gasteiger partial charge in [-0.15, -0.1) is 0 Å². The molecule has 0 atom stereocenters. The number of anilines is 2. The van der Waals surface area contributed by atoms with Crippen LogP contribution in [0.2, 0.25) is 0 Å². The molecule has 0 saturated carbocycles. The number of aryl methyl sites for hydroxylation is 1. The van der Waals surface area contributed by atoms with Gasteiger partial charge in [0.05, 0.1) is 11.0 Å². The molecule has 3 heterocycles. The van der Waals surface area contributed by atoms with Crippen LogP contribution in [-0.2, 0) is 6.67 Å². The van der Waals surface area contributed by atoms with Gasteiger partial charge in [-0.1, -0.05) is 0 Å². The molecule has 0 radical (unpaired) electrons. The lowest BCUT2D eigenvalue weighted by molar-refractivity contribution is 0.469. The lowest BCUT2D eigenvalue weighted by Crippen LogP contribution is -2.02. The second-order valence-corrected chi connectivity index (χ2v) is 4.93. The summed E-state index contributed by atoms with van der Waals surface area (Å²) in [4.78, 5) is 15.5. The van der Waals surface area contributed by atoms with Gasteiger partial charge in [-0.2, -0.15) is 14.6 Å². The van der Waals surface area contributed by atoms with E-state index in [0.29, 0.717) is 11.6 Å². The summed E-state index contributed by atoms with van der Waals surface area (Å²) in [6.07, 6.45) is 1.46. The summed E-state index contributed by atoms with van der Waals surface area (Å²) in [5.74, 6) is 1.61. The van der Waals surface area contributed by atoms with Crippen LogP contribution >= 0.6 is 0 Å². The molecular weight excluding hydrogens is 285 g/mol. The Morgan fingerprint density at radius 2 is 2.18 bits per heavy atom. The van der Waals surface area contributed by atoms with Crippen molar-refractivity contribution in [1.82, 2.24) is 29.5 Å². The van der Waals surface area contributed by atoms with E-state index in [9.17, 15) is 4.39 Å². The fourth-order valence-corrected chi connectivity index (χ4v) is 2.37. The first-order valence-electron chi connectivity index (χ1n) is 6.72. The maximum absolute atomic E-state index is 12.7. The van der Waals surface area contributed by atoms with Crippen LogP contribution in [0, 0.1) is 6.92 Å². The number of H-pyrrole nitrogens is 1. The number of nitrogens with zero attached hydrogens (tertiary/aromatic N) is 5. The largest absolute Gasteiger partial charge is 0.340 e. The smallest absolute Gasteiger partial charge is 0.254 e. The van der Waals surface area contributed by atoms with Gasteiger partial charge >= 0.3 is 0 Å². The molecule has 0 amide bonds. The Morgan fingerprint density at radius 3 is 3.05 bits per heavy atom. The van der Waals surface area contributed by atoms with E-state index in [1.807, 2.05) is 31.2 Å². The highest BCUT2D eigenvalue weighted by molar-refractivity contribution is 5.80. The third kappa shape index (κ3) is 2.05. The Balaban J connectivity index is 1.76. The third-order valence-electron chi connectivity index (χ3n) is 3.31. The van der Waals surface area contributed by atoms with Crippen LogP contribution in [0.25, 0.3) is 16.8 Å². The summed E-state index contributed by atoms with van der Waals surface area (Å²) < 4.78 is 14.3. The first-order valence-corrected chi connectivity index (χ1v) is 6.72. The standard InChI is InChI=1S/C14H12FN7/c1-8-4-13(22-14(18-8)16-7-17-22)19-9-2-3-10-11(5-9)21-12(6-15)20-10/h2-5,7,19H,6H2,1H3,(H,20,21). The van der Waals surface area contributed by atoms with Crippen molar-refractivity contribution in [2.24, 2.45) is 0 Å². The van der Waals surface area contributed by atoms with Crippen molar-refractivity contribution in [3.63, 3.8) is 0 Å². The van der Waals surface area contributed by atoms with Crippen LogP contribution in [-0.4, -0.2) is 29.5 Å². The van der Waals surface area contributed by atoms with Gasteiger partial charge in [-0.25, -0.2) is 14.4 Å². The van der Waals surface area contributed by atoms with E-state index in [1.54, 1.807) is 4.52 Å². The quantitative estimate of drug-likeness (QED) is 0.607. The number of hydrogen-bond acceptors (Lipinski definition) is 5. The first kappa shape index (κ1) is 12.7. The Bertz CT molecular complexity index is 972. The van der Waals surface area contributed by atoms with Crippen LogP contribution in [0.15, 0.2) is 30.6 Å². The molecule has 8 heteroatoms. The maximum Gasteiger partial charge on any atom is 0.254 e. The number of aromatic nitrogens is 6. The van der Waals surface area contributed by atoms with Crippen LogP contribution in [0.4, 0.5) is 15.9 Å². The van der Waals surface area contributed by atoms with Crippen molar-refractivity contribution < 1.29 is 4.39 Å². The Labute approximate surface area is 124 Å². The number of nitrogens with one attached hydrogen (secondary N) is 2. The third-order valence-corrected chi connectivity index (χ3v) is 3.31. The Morgan fingerprint density at radius 1 is 1.27 bits per heavy atom. The Kier molecular flexibility index (Phi) is 2.75. The minimum Gasteiger partial charge on any atom is -0.340 e. The molecule has 0 aliphatic rings. The number of imidazole rings is 1. The summed E-state index contributed by atoms with van der Waals surface area (Å²) in [5.41, 5.74) is 3.18. The fourth-order valence-electron chi connectivity index (χ4n) is 2.37. The lowest BCUT2D eigenvalue weighted by Gasteiger charge is -2.08. The highest BCUT2D eigenvalue weighted by Crippen LogP contribution is 2.22. The van der Waals surface area contributed by atoms with Gasteiger partial charge in [0.1, 0.15) is 24.6 Å². The average Bonchev–Trinajstić information content (AvgIpc) is 3.12. The molecular formula is C14H12FN7. The SMILES string of the molecule is Cc1cc(Nc2ccc3nc(CF)[nH]c3c2)n2ncnc2n1. The molecule has 0 spiro atoms. The van der Waals surface area contributed by atoms with Gasteiger partial charge in [-0.3, -0.25) is 0 Å². The zero-order chi connectivity index (χ0) is 15.1. The lowest BCUT2D eigenvalue weighted by atomic mass is 10.2. The molecule has 1 aromatic carbocycles. The van der Waals surface area contributed by atoms with Crippen molar-refractivity contribution in [3.05, 3.63) is 42.1 Å². The molecule has 4 aromatic rings. The number of rotatable bonds is 3. The molecule has 0 unspecified atom stereocenters. The van der Waals surface area contributed by atoms with E-state index in [4.69, 9.17) is 0 Å². The second kappa shape index (κ2) is 4.76. The van der Waals surface area contributed by atoms with E-state index in [2.05, 4.69) is 30.4 Å². The summed E-state index contributed by atoms with van der Waals surface area (Å²) in [6.45, 7) is 1.28. The predicted molar refractivity (Wildman–Crippen MR) is 79.7 cm³/mol. The van der Waals surface area contributed by atoms with Crippen LogP contribution in [0.3, 0.4) is 0 Å². The van der Waals surface area contributed by atoms with E-state index < -0.39 is 6.67 Å². The first-order chi connectivity index (χ1) is 10.7. The van der Waals surface area contributed by atoms with Crippen LogP contribution in [0.5, 0.6) is 0 Å². The van der Waals surface area contributed by atoms with E-state index in [0.717, 1.165) is 28.2 Å². The van der Waals surface area contributed by atoms with Gasteiger partial charge in [0, 0.05) is 17.4 Å². The van der Waals surface area contributed by atoms with E-state index in [-0.39, 0.29) is 0 Å². The number of halogens is 1. The van der Waals surface area contributed by atoms with Gasteiger partial charge in [0.2, 0.25) is 0 Å². The highest BCUT2D eigenvalue weighted by Gasteiger charge is 2.07. The number of alkyl halides is 1. The summed E-state index contributed by atoms with van der Waals surface area (Å²) in [5, 5.41) is 7.42. The molecule has 110 valence electrons. The van der Waals surface area contributed by atoms with Crippen LogP contribution in [0.1, 0.15) is 11.5 Å². The van der Waals surface area contributed by atoms with Crippen molar-refractivity contribution in [2.45, 2.75) is 13.6 Å². The second-order valence-electron chi connectivity index (χ2n) is 4.93. The minimum absolute atomic E-state index is 0.325. The highest BCUT2D eigenvalue weighted by atomic mass is 19.1. The predicted octanol–water partition coefficient (Wildman–Crippen LogP) is 2.52. The molecule has 22 heavy (non-hydrogen) atoms. The van der Waals surface area contributed by atoms with Crippen molar-refractivity contribution in [3.8, 4) is 0 Å². The van der Waals surface area contributed by atoms with Crippen LogP contribution < -0.4 is 5.32 Å². The molecule has 0 aliphatic heterocycles. The molecule has 7 nitrogen and oxygen atoms in total. The average molecular weight is 297 g/mol. The molecule has 0 fully saturated rings. The molecule has 0 aliphatic carbocycles. The fraction of sp³-hybridized carbons (Fsp3) is 0.143. The zero-order valence-electron chi connectivity index (χ0n) is 11.7. The molecule has 4 rings (SSSR count). The topological polar surface area (TPSA) is 83.8 Å². The molecule has 2 N–H and O–H groups in total. The monoisotopic (exact) mass is 297 g/mol. The maximum atomic E-state index is 12.7. The zero-order valence-corrected chi connectivity index (χ0v) is 11.7. The van der Waals surface area contributed by atoms with Crippen molar-refractivity contribution in [1.29, 1.82) is 0 Å². The van der Waals surface area contributed by atoms with Gasteiger partial charge in [0.15, 0.2) is 0 Å². The number of fused-ring (bicyclic) bond motifs is 2. The molecule has 3 aromatic heterocycles. The van der Waals surface area contributed by atoms with Gasteiger partial charge < -0.3 is 10.3 Å². The summed E-state index contributed by atoms with van der Waals surface area (Å²) in [6, 6.07) is 7.47. The van der Waals surface area contributed by atoms with E-state index >= 15 is 0 Å². The summed E-state index contributed by atoms with van der Waals surface area (Å²) >= 11 is 0. The molecule has 0 bridgehead atoms. The van der Waals surface area contributed by atoms with Crippen molar-refractivity contribution in [2.75, 3.05) is 5.32 Å². The van der Waals surface area contributed by atoms with Crippen molar-refractivity contribution >= 4 is 28.3 Å².